The third kappa shape index (κ3) is 1.27. The first-order valence-corrected chi connectivity index (χ1v) is 5.12. The zero-order chi connectivity index (χ0) is 10.4. The van der Waals surface area contributed by atoms with Gasteiger partial charge in [-0.1, -0.05) is 29.8 Å². The van der Waals surface area contributed by atoms with Crippen LogP contribution >= 0.6 is 0 Å². The van der Waals surface area contributed by atoms with Gasteiger partial charge in [0, 0.05) is 0 Å². The van der Waals surface area contributed by atoms with Gasteiger partial charge >= 0.3 is 0 Å². The van der Waals surface area contributed by atoms with E-state index in [0.717, 1.165) is 12.0 Å². The molecule has 15 heavy (non-hydrogen) atoms. The van der Waals surface area contributed by atoms with Crippen LogP contribution in [0.5, 0.6) is 0 Å². The Balaban J connectivity index is 2.26. The van der Waals surface area contributed by atoms with Crippen LogP contribution in [-0.2, 0) is 6.42 Å². The van der Waals surface area contributed by atoms with Crippen LogP contribution in [0.25, 0.3) is 11.1 Å². The summed E-state index contributed by atoms with van der Waals surface area (Å²) in [5, 5.41) is 0. The van der Waals surface area contributed by atoms with Crippen LogP contribution in [0.2, 0.25) is 0 Å². The number of halogens is 1. The minimum absolute atomic E-state index is 0.140. The Kier molecular flexibility index (Phi) is 1.69. The van der Waals surface area contributed by atoms with Gasteiger partial charge in [0.15, 0.2) is 0 Å². The van der Waals surface area contributed by atoms with Crippen molar-refractivity contribution >= 4 is 0 Å². The van der Waals surface area contributed by atoms with Crippen molar-refractivity contribution in [3.63, 3.8) is 0 Å². The Labute approximate surface area is 88.4 Å². The van der Waals surface area contributed by atoms with Gasteiger partial charge in [0.05, 0.1) is 0 Å². The molecule has 0 bridgehead atoms. The molecule has 2 aromatic rings. The normalized spacial score (nSPS) is 12.4. The molecular weight excluding hydrogens is 187 g/mol. The Hall–Kier alpha value is -1.63. The van der Waals surface area contributed by atoms with E-state index in [1.165, 1.54) is 28.3 Å². The summed E-state index contributed by atoms with van der Waals surface area (Å²) in [6, 6.07) is 11.5. The number of fused-ring (bicyclic) bond motifs is 3. The molecular formula is C14H11F. The van der Waals surface area contributed by atoms with Gasteiger partial charge < -0.3 is 0 Å². The van der Waals surface area contributed by atoms with Crippen molar-refractivity contribution in [1.29, 1.82) is 0 Å². The molecule has 74 valence electrons. The van der Waals surface area contributed by atoms with Crippen LogP contribution in [0.4, 0.5) is 4.39 Å². The quantitative estimate of drug-likeness (QED) is 0.516. The largest absolute Gasteiger partial charge is 0.207 e. The van der Waals surface area contributed by atoms with E-state index in [-0.39, 0.29) is 5.82 Å². The Morgan fingerprint density at radius 1 is 0.933 bits per heavy atom. The lowest BCUT2D eigenvalue weighted by molar-refractivity contribution is 0.626. The summed E-state index contributed by atoms with van der Waals surface area (Å²) in [7, 11) is 0. The van der Waals surface area contributed by atoms with Crippen molar-refractivity contribution in [2.45, 2.75) is 13.3 Å². The molecule has 1 heteroatoms. The van der Waals surface area contributed by atoms with Crippen LogP contribution in [0.1, 0.15) is 16.7 Å². The zero-order valence-electron chi connectivity index (χ0n) is 8.55. The molecule has 0 nitrogen and oxygen atoms in total. The lowest BCUT2D eigenvalue weighted by atomic mass is 10.0. The van der Waals surface area contributed by atoms with Crippen molar-refractivity contribution in [3.05, 3.63) is 58.9 Å². The number of aryl methyl sites for hydroxylation is 1. The molecule has 2 aromatic carbocycles. The van der Waals surface area contributed by atoms with E-state index < -0.39 is 0 Å². The van der Waals surface area contributed by atoms with Crippen molar-refractivity contribution < 1.29 is 4.39 Å². The smallest absolute Gasteiger partial charge is 0.123 e. The molecule has 0 unspecified atom stereocenters. The highest BCUT2D eigenvalue weighted by Crippen LogP contribution is 2.37. The summed E-state index contributed by atoms with van der Waals surface area (Å²) in [5.74, 6) is -0.140. The molecule has 3 rings (SSSR count). The van der Waals surface area contributed by atoms with Crippen molar-refractivity contribution in [2.24, 2.45) is 0 Å². The Bertz CT molecular complexity index is 541. The monoisotopic (exact) mass is 198 g/mol. The highest BCUT2D eigenvalue weighted by atomic mass is 19.1. The van der Waals surface area contributed by atoms with Gasteiger partial charge in [0.2, 0.25) is 0 Å². The number of hydrogen-bond acceptors (Lipinski definition) is 0. The van der Waals surface area contributed by atoms with Gasteiger partial charge in [0.1, 0.15) is 5.82 Å². The molecule has 0 fully saturated rings. The summed E-state index contributed by atoms with van der Waals surface area (Å²) in [6.45, 7) is 2.09. The van der Waals surface area contributed by atoms with Gasteiger partial charge in [-0.05, 0) is 47.7 Å². The maximum atomic E-state index is 13.1. The molecule has 0 N–H and O–H groups in total. The molecule has 0 amide bonds. The first-order valence-electron chi connectivity index (χ1n) is 5.12. The van der Waals surface area contributed by atoms with Crippen LogP contribution in [0, 0.1) is 12.7 Å². The van der Waals surface area contributed by atoms with E-state index in [2.05, 4.69) is 25.1 Å². The van der Waals surface area contributed by atoms with Crippen LogP contribution < -0.4 is 0 Å². The fourth-order valence-electron chi connectivity index (χ4n) is 2.27. The predicted molar refractivity (Wildman–Crippen MR) is 59.4 cm³/mol. The number of hydrogen-bond donors (Lipinski definition) is 0. The third-order valence-corrected chi connectivity index (χ3v) is 3.00. The van der Waals surface area contributed by atoms with Crippen LogP contribution in [-0.4, -0.2) is 0 Å². The van der Waals surface area contributed by atoms with Crippen molar-refractivity contribution in [2.75, 3.05) is 0 Å². The fourth-order valence-corrected chi connectivity index (χ4v) is 2.27. The van der Waals surface area contributed by atoms with E-state index in [1.807, 2.05) is 6.07 Å². The summed E-state index contributed by atoms with van der Waals surface area (Å²) in [6.07, 6.45) is 0.864. The Morgan fingerprint density at radius 2 is 1.80 bits per heavy atom. The van der Waals surface area contributed by atoms with Gasteiger partial charge in [-0.3, -0.25) is 0 Å². The average molecular weight is 198 g/mol. The minimum Gasteiger partial charge on any atom is -0.207 e. The maximum absolute atomic E-state index is 13.1. The summed E-state index contributed by atoms with van der Waals surface area (Å²) in [4.78, 5) is 0. The number of rotatable bonds is 0. The summed E-state index contributed by atoms with van der Waals surface area (Å²) < 4.78 is 13.1. The molecule has 1 aliphatic carbocycles. The SMILES string of the molecule is Cc1ccc2c(c1)-c1ccc(F)cc1C2. The highest BCUT2D eigenvalue weighted by Gasteiger charge is 2.18. The second-order valence-corrected chi connectivity index (χ2v) is 4.14. The highest BCUT2D eigenvalue weighted by molar-refractivity contribution is 5.77. The van der Waals surface area contributed by atoms with Gasteiger partial charge in [0.25, 0.3) is 0 Å². The van der Waals surface area contributed by atoms with Gasteiger partial charge in [-0.2, -0.15) is 0 Å². The van der Waals surface area contributed by atoms with Gasteiger partial charge in [-0.25, -0.2) is 4.39 Å². The summed E-state index contributed by atoms with van der Waals surface area (Å²) >= 11 is 0. The molecule has 0 heterocycles. The molecule has 0 saturated heterocycles. The van der Waals surface area contributed by atoms with E-state index in [1.54, 1.807) is 6.07 Å². The standard InChI is InChI=1S/C14H11F/c1-9-2-3-10-7-11-8-12(15)4-5-13(11)14(10)6-9/h2-6,8H,7H2,1H3. The lowest BCUT2D eigenvalue weighted by Crippen LogP contribution is -1.81. The minimum atomic E-state index is -0.140. The number of benzene rings is 2. The van der Waals surface area contributed by atoms with Gasteiger partial charge in [-0.15, -0.1) is 0 Å². The van der Waals surface area contributed by atoms with Crippen molar-refractivity contribution in [3.8, 4) is 11.1 Å². The second-order valence-electron chi connectivity index (χ2n) is 4.14. The zero-order valence-corrected chi connectivity index (χ0v) is 8.55. The molecule has 0 radical (unpaired) electrons. The maximum Gasteiger partial charge on any atom is 0.123 e. The fraction of sp³-hybridized carbons (Fsp3) is 0.143. The van der Waals surface area contributed by atoms with Crippen molar-refractivity contribution in [1.82, 2.24) is 0 Å². The molecule has 0 atom stereocenters. The molecule has 0 spiro atoms. The second kappa shape index (κ2) is 2.93. The van der Waals surface area contributed by atoms with E-state index in [9.17, 15) is 4.39 Å². The van der Waals surface area contributed by atoms with E-state index in [4.69, 9.17) is 0 Å². The van der Waals surface area contributed by atoms with Crippen LogP contribution in [0.3, 0.4) is 0 Å². The Morgan fingerprint density at radius 3 is 2.67 bits per heavy atom. The first-order chi connectivity index (χ1) is 7.24. The molecule has 0 aliphatic heterocycles. The van der Waals surface area contributed by atoms with E-state index in [0.29, 0.717) is 0 Å². The predicted octanol–water partition coefficient (Wildman–Crippen LogP) is 3.71. The average Bonchev–Trinajstić information content (AvgIpc) is 2.54. The molecule has 1 aliphatic rings. The van der Waals surface area contributed by atoms with Crippen LogP contribution in [0.15, 0.2) is 36.4 Å². The summed E-state index contributed by atoms with van der Waals surface area (Å²) in [5.41, 5.74) is 6.13. The lowest BCUT2D eigenvalue weighted by Gasteiger charge is -2.01. The third-order valence-electron chi connectivity index (χ3n) is 3.00. The first kappa shape index (κ1) is 8.66. The van der Waals surface area contributed by atoms with E-state index >= 15 is 0 Å². The molecule has 0 saturated carbocycles. The topological polar surface area (TPSA) is 0 Å². The molecule has 0 aromatic heterocycles.